The molecule has 0 atom stereocenters. The minimum atomic E-state index is 0.644. The van der Waals surface area contributed by atoms with Crippen LogP contribution < -0.4 is 4.74 Å². The van der Waals surface area contributed by atoms with Gasteiger partial charge in [-0.25, -0.2) is 0 Å². The molecule has 3 heteroatoms. The molecule has 0 saturated carbocycles. The smallest absolute Gasteiger partial charge is 0.135 e. The van der Waals surface area contributed by atoms with Crippen LogP contribution >= 0.6 is 11.6 Å². The van der Waals surface area contributed by atoms with Crippen LogP contribution in [-0.2, 0) is 0 Å². The molecule has 0 radical (unpaired) electrons. The Balaban J connectivity index is 2.12. The van der Waals surface area contributed by atoms with Crippen molar-refractivity contribution in [3.8, 4) is 17.6 Å². The van der Waals surface area contributed by atoms with Gasteiger partial charge >= 0.3 is 0 Å². The van der Waals surface area contributed by atoms with Gasteiger partial charge in [0.25, 0.3) is 0 Å². The van der Waals surface area contributed by atoms with E-state index in [-0.39, 0.29) is 0 Å². The Labute approximate surface area is 128 Å². The number of nitriles is 1. The fraction of sp³-hybridized carbons (Fsp3) is 0.0556. The second-order valence-electron chi connectivity index (χ2n) is 4.78. The summed E-state index contributed by atoms with van der Waals surface area (Å²) < 4.78 is 6.01. The molecule has 3 rings (SSSR count). The second kappa shape index (κ2) is 5.47. The number of hydrogen-bond acceptors (Lipinski definition) is 2. The highest BCUT2D eigenvalue weighted by Crippen LogP contribution is 2.33. The van der Waals surface area contributed by atoms with E-state index in [1.807, 2.05) is 49.4 Å². The Morgan fingerprint density at radius 1 is 0.952 bits per heavy atom. The molecule has 0 aromatic heterocycles. The van der Waals surface area contributed by atoms with Crippen LogP contribution in [0.25, 0.3) is 10.8 Å². The third kappa shape index (κ3) is 2.56. The highest BCUT2D eigenvalue weighted by atomic mass is 35.5. The summed E-state index contributed by atoms with van der Waals surface area (Å²) in [5.74, 6) is 1.49. The van der Waals surface area contributed by atoms with Crippen LogP contribution in [-0.4, -0.2) is 0 Å². The van der Waals surface area contributed by atoms with Crippen molar-refractivity contribution in [3.63, 3.8) is 0 Å². The number of rotatable bonds is 2. The lowest BCUT2D eigenvalue weighted by atomic mass is 10.0. The monoisotopic (exact) mass is 293 g/mol. The molecule has 0 heterocycles. The quantitative estimate of drug-likeness (QED) is 0.628. The van der Waals surface area contributed by atoms with Crippen molar-refractivity contribution in [2.24, 2.45) is 0 Å². The van der Waals surface area contributed by atoms with Gasteiger partial charge in [-0.05, 0) is 42.8 Å². The fourth-order valence-corrected chi connectivity index (χ4v) is 2.53. The summed E-state index contributed by atoms with van der Waals surface area (Å²) in [4.78, 5) is 0. The zero-order valence-electron chi connectivity index (χ0n) is 11.4. The summed E-state index contributed by atoms with van der Waals surface area (Å²) in [6.07, 6.45) is 0. The van der Waals surface area contributed by atoms with Crippen LogP contribution in [0.1, 0.15) is 11.1 Å². The molecule has 0 amide bonds. The Kier molecular flexibility index (Phi) is 3.51. The van der Waals surface area contributed by atoms with E-state index in [2.05, 4.69) is 6.07 Å². The van der Waals surface area contributed by atoms with E-state index < -0.39 is 0 Å². The molecule has 3 aromatic rings. The van der Waals surface area contributed by atoms with Gasteiger partial charge in [0, 0.05) is 15.8 Å². The molecule has 0 unspecified atom stereocenters. The SMILES string of the molecule is Cc1cc(Cl)ccc1Oc1ccc(C#N)c2ccccc12. The van der Waals surface area contributed by atoms with E-state index in [4.69, 9.17) is 16.3 Å². The molecule has 0 fully saturated rings. The number of ether oxygens (including phenoxy) is 1. The highest BCUT2D eigenvalue weighted by molar-refractivity contribution is 6.30. The first-order valence-corrected chi connectivity index (χ1v) is 6.92. The molecule has 0 saturated heterocycles. The van der Waals surface area contributed by atoms with Crippen LogP contribution in [0, 0.1) is 18.3 Å². The Hall–Kier alpha value is -2.50. The van der Waals surface area contributed by atoms with E-state index >= 15 is 0 Å². The van der Waals surface area contributed by atoms with Crippen molar-refractivity contribution >= 4 is 22.4 Å². The molecule has 0 aliphatic heterocycles. The number of halogens is 1. The highest BCUT2D eigenvalue weighted by Gasteiger charge is 2.08. The predicted octanol–water partition coefficient (Wildman–Crippen LogP) is 5.47. The van der Waals surface area contributed by atoms with Gasteiger partial charge in [0.2, 0.25) is 0 Å². The van der Waals surface area contributed by atoms with Crippen LogP contribution in [0.5, 0.6) is 11.5 Å². The zero-order chi connectivity index (χ0) is 14.8. The van der Waals surface area contributed by atoms with E-state index in [9.17, 15) is 5.26 Å². The van der Waals surface area contributed by atoms with Gasteiger partial charge in [-0.3, -0.25) is 0 Å². The van der Waals surface area contributed by atoms with Crippen molar-refractivity contribution in [1.82, 2.24) is 0 Å². The molecule has 0 aliphatic carbocycles. The van der Waals surface area contributed by atoms with Crippen LogP contribution in [0.15, 0.2) is 54.6 Å². The fourth-order valence-electron chi connectivity index (χ4n) is 2.30. The molecular formula is C18H12ClNO. The van der Waals surface area contributed by atoms with Crippen molar-refractivity contribution in [1.29, 1.82) is 5.26 Å². The molecule has 21 heavy (non-hydrogen) atoms. The van der Waals surface area contributed by atoms with Crippen molar-refractivity contribution in [2.45, 2.75) is 6.92 Å². The van der Waals surface area contributed by atoms with Crippen LogP contribution in [0.4, 0.5) is 0 Å². The lowest BCUT2D eigenvalue weighted by Gasteiger charge is -2.12. The van der Waals surface area contributed by atoms with Gasteiger partial charge < -0.3 is 4.74 Å². The molecule has 3 aromatic carbocycles. The Morgan fingerprint density at radius 2 is 1.67 bits per heavy atom. The third-order valence-electron chi connectivity index (χ3n) is 3.36. The minimum absolute atomic E-state index is 0.644. The van der Waals surface area contributed by atoms with E-state index in [0.717, 1.165) is 27.8 Å². The predicted molar refractivity (Wildman–Crippen MR) is 84.9 cm³/mol. The lowest BCUT2D eigenvalue weighted by Crippen LogP contribution is -1.90. The third-order valence-corrected chi connectivity index (χ3v) is 3.60. The first kappa shape index (κ1) is 13.5. The van der Waals surface area contributed by atoms with Crippen LogP contribution in [0.3, 0.4) is 0 Å². The van der Waals surface area contributed by atoms with Crippen LogP contribution in [0.2, 0.25) is 5.02 Å². The Bertz CT molecular complexity index is 865. The zero-order valence-corrected chi connectivity index (χ0v) is 12.2. The number of hydrogen-bond donors (Lipinski definition) is 0. The van der Waals surface area contributed by atoms with Gasteiger partial charge in [0.1, 0.15) is 11.5 Å². The van der Waals surface area contributed by atoms with E-state index in [1.165, 1.54) is 0 Å². The summed E-state index contributed by atoms with van der Waals surface area (Å²) in [5.41, 5.74) is 1.61. The lowest BCUT2D eigenvalue weighted by molar-refractivity contribution is 0.484. The first-order valence-electron chi connectivity index (χ1n) is 6.55. The average Bonchev–Trinajstić information content (AvgIpc) is 2.50. The topological polar surface area (TPSA) is 33.0 Å². The summed E-state index contributed by atoms with van der Waals surface area (Å²) in [7, 11) is 0. The van der Waals surface area contributed by atoms with E-state index in [0.29, 0.717) is 10.6 Å². The average molecular weight is 294 g/mol. The summed E-state index contributed by atoms with van der Waals surface area (Å²) in [6, 6.07) is 19.1. The second-order valence-corrected chi connectivity index (χ2v) is 5.22. The van der Waals surface area contributed by atoms with Crippen molar-refractivity contribution in [3.05, 3.63) is 70.7 Å². The number of aryl methyl sites for hydroxylation is 1. The van der Waals surface area contributed by atoms with Gasteiger partial charge in [-0.15, -0.1) is 0 Å². The van der Waals surface area contributed by atoms with Crippen molar-refractivity contribution < 1.29 is 4.74 Å². The normalized spacial score (nSPS) is 10.3. The van der Waals surface area contributed by atoms with Gasteiger partial charge in [0.15, 0.2) is 0 Å². The maximum absolute atomic E-state index is 9.19. The maximum Gasteiger partial charge on any atom is 0.135 e. The number of benzene rings is 3. The van der Waals surface area contributed by atoms with Gasteiger partial charge in [-0.2, -0.15) is 5.26 Å². The molecule has 0 spiro atoms. The standard InChI is InChI=1S/C18H12ClNO/c1-12-10-14(19)7-9-17(12)21-18-8-6-13(11-20)15-4-2-3-5-16(15)18/h2-10H,1H3. The van der Waals surface area contributed by atoms with E-state index in [1.54, 1.807) is 12.1 Å². The molecule has 0 aliphatic rings. The minimum Gasteiger partial charge on any atom is -0.456 e. The molecular weight excluding hydrogens is 282 g/mol. The van der Waals surface area contributed by atoms with Crippen molar-refractivity contribution in [2.75, 3.05) is 0 Å². The van der Waals surface area contributed by atoms with Gasteiger partial charge in [0.05, 0.1) is 11.6 Å². The largest absolute Gasteiger partial charge is 0.456 e. The maximum atomic E-state index is 9.19. The first-order chi connectivity index (χ1) is 10.2. The molecule has 2 nitrogen and oxygen atoms in total. The summed E-state index contributed by atoms with van der Waals surface area (Å²) >= 11 is 5.96. The summed E-state index contributed by atoms with van der Waals surface area (Å²) in [6.45, 7) is 1.95. The molecule has 0 bridgehead atoms. The summed E-state index contributed by atoms with van der Waals surface area (Å²) in [5, 5.41) is 11.7. The molecule has 102 valence electrons. The number of nitrogens with zero attached hydrogens (tertiary/aromatic N) is 1. The number of fused-ring (bicyclic) bond motifs is 1. The Morgan fingerprint density at radius 3 is 2.38 bits per heavy atom. The van der Waals surface area contributed by atoms with Gasteiger partial charge in [-0.1, -0.05) is 35.9 Å². The molecule has 0 N–H and O–H groups in total.